The molecule has 0 aromatic carbocycles. The second kappa shape index (κ2) is 7.66. The van der Waals surface area contributed by atoms with E-state index in [1.807, 2.05) is 0 Å². The zero-order valence-corrected chi connectivity index (χ0v) is 18.6. The van der Waals surface area contributed by atoms with E-state index < -0.39 is 0 Å². The highest BCUT2D eigenvalue weighted by Gasteiger charge is 2.31. The van der Waals surface area contributed by atoms with Crippen molar-refractivity contribution in [3.8, 4) is 0 Å². The van der Waals surface area contributed by atoms with Gasteiger partial charge < -0.3 is 9.80 Å². The van der Waals surface area contributed by atoms with Crippen LogP contribution in [0.3, 0.4) is 0 Å². The second-order valence-electron chi connectivity index (χ2n) is 12.4. The lowest BCUT2D eigenvalue weighted by Gasteiger charge is -2.43. The lowest BCUT2D eigenvalue weighted by Crippen LogP contribution is -2.51. The summed E-state index contributed by atoms with van der Waals surface area (Å²) in [7, 11) is 0. The van der Waals surface area contributed by atoms with Gasteiger partial charge in [-0.2, -0.15) is 0 Å². The van der Waals surface area contributed by atoms with Crippen molar-refractivity contribution in [1.29, 1.82) is 0 Å². The Labute approximate surface area is 153 Å². The van der Waals surface area contributed by atoms with E-state index in [0.29, 0.717) is 21.7 Å². The first-order valence-corrected chi connectivity index (χ1v) is 10.0. The number of hydrogen-bond donors (Lipinski definition) is 0. The average Bonchev–Trinajstić information content (AvgIpc) is 2.24. The van der Waals surface area contributed by atoms with Crippen molar-refractivity contribution >= 4 is 0 Å². The highest BCUT2D eigenvalue weighted by molar-refractivity contribution is 4.85. The lowest BCUT2D eigenvalue weighted by molar-refractivity contribution is 0.0527. The Morgan fingerprint density at radius 1 is 0.500 bits per heavy atom. The van der Waals surface area contributed by atoms with Gasteiger partial charge in [0.2, 0.25) is 0 Å². The molecule has 1 heterocycles. The fraction of sp³-hybridized carbons (Fsp3) is 1.00. The van der Waals surface area contributed by atoms with Gasteiger partial charge in [0.15, 0.2) is 0 Å². The molecule has 1 aliphatic rings. The molecule has 0 unspecified atom stereocenters. The third kappa shape index (κ3) is 9.42. The van der Waals surface area contributed by atoms with Crippen LogP contribution in [-0.2, 0) is 0 Å². The molecule has 0 spiro atoms. The molecule has 1 saturated heterocycles. The van der Waals surface area contributed by atoms with Crippen LogP contribution in [0.2, 0.25) is 0 Å². The molecule has 0 aliphatic carbocycles. The van der Waals surface area contributed by atoms with Crippen LogP contribution in [0.25, 0.3) is 0 Å². The summed E-state index contributed by atoms with van der Waals surface area (Å²) >= 11 is 0. The highest BCUT2D eigenvalue weighted by Crippen LogP contribution is 2.35. The van der Waals surface area contributed by atoms with Crippen LogP contribution in [0, 0.1) is 21.7 Å². The summed E-state index contributed by atoms with van der Waals surface area (Å²) in [6.07, 6.45) is 2.58. The molecule has 0 radical (unpaired) electrons. The molecule has 0 saturated carbocycles. The van der Waals surface area contributed by atoms with Gasteiger partial charge in [-0.25, -0.2) is 0 Å². The number of nitrogens with zero attached hydrogens (tertiary/aromatic N) is 2. The average molecular weight is 339 g/mol. The van der Waals surface area contributed by atoms with Crippen molar-refractivity contribution in [1.82, 2.24) is 9.80 Å². The summed E-state index contributed by atoms with van der Waals surface area (Å²) in [4.78, 5) is 5.39. The van der Waals surface area contributed by atoms with Crippen LogP contribution in [0.1, 0.15) is 82.1 Å². The zero-order valence-electron chi connectivity index (χ0n) is 18.6. The summed E-state index contributed by atoms with van der Waals surface area (Å²) in [5.41, 5.74) is 1.66. The molecular formula is C22H46N2. The van der Waals surface area contributed by atoms with E-state index in [1.54, 1.807) is 0 Å². The lowest BCUT2D eigenvalue weighted by atomic mass is 9.75. The van der Waals surface area contributed by atoms with Crippen molar-refractivity contribution in [2.45, 2.75) is 82.1 Å². The van der Waals surface area contributed by atoms with E-state index in [9.17, 15) is 0 Å². The fourth-order valence-electron chi connectivity index (χ4n) is 5.30. The first kappa shape index (κ1) is 22.0. The maximum Gasteiger partial charge on any atom is 0.0110 e. The van der Waals surface area contributed by atoms with E-state index in [2.05, 4.69) is 79.0 Å². The largest absolute Gasteiger partial charge is 0.300 e. The van der Waals surface area contributed by atoms with E-state index in [4.69, 9.17) is 0 Å². The summed E-state index contributed by atoms with van der Waals surface area (Å²) in [5.74, 6) is 0. The monoisotopic (exact) mass is 338 g/mol. The fourth-order valence-corrected chi connectivity index (χ4v) is 5.30. The van der Waals surface area contributed by atoms with E-state index in [0.717, 1.165) is 0 Å². The van der Waals surface area contributed by atoms with Gasteiger partial charge in [-0.15, -0.1) is 0 Å². The molecule has 24 heavy (non-hydrogen) atoms. The molecule has 0 atom stereocenters. The van der Waals surface area contributed by atoms with Gasteiger partial charge in [-0.3, -0.25) is 0 Å². The third-order valence-electron chi connectivity index (χ3n) is 4.79. The van der Waals surface area contributed by atoms with Gasteiger partial charge >= 0.3 is 0 Å². The summed E-state index contributed by atoms with van der Waals surface area (Å²) in [6.45, 7) is 31.4. The van der Waals surface area contributed by atoms with Crippen molar-refractivity contribution in [3.05, 3.63) is 0 Å². The quantitative estimate of drug-likeness (QED) is 0.628. The highest BCUT2D eigenvalue weighted by atomic mass is 15.3. The topological polar surface area (TPSA) is 6.48 Å². The Hall–Kier alpha value is -0.0800. The number of hydrogen-bond acceptors (Lipinski definition) is 2. The molecule has 1 fully saturated rings. The van der Waals surface area contributed by atoms with E-state index in [-0.39, 0.29) is 0 Å². The number of rotatable bonds is 6. The van der Waals surface area contributed by atoms with Crippen LogP contribution in [0.15, 0.2) is 0 Å². The van der Waals surface area contributed by atoms with Gasteiger partial charge in [0, 0.05) is 39.3 Å². The smallest absolute Gasteiger partial charge is 0.0110 e. The molecule has 1 aliphatic heterocycles. The summed E-state index contributed by atoms with van der Waals surface area (Å²) in [6, 6.07) is 0. The molecule has 144 valence electrons. The molecule has 2 nitrogen and oxygen atoms in total. The molecule has 0 bridgehead atoms. The molecule has 1 rings (SSSR count). The van der Waals surface area contributed by atoms with Crippen molar-refractivity contribution in [3.63, 3.8) is 0 Å². The molecular weight excluding hydrogens is 292 g/mol. The first-order chi connectivity index (χ1) is 10.6. The Morgan fingerprint density at radius 3 is 0.958 bits per heavy atom. The summed E-state index contributed by atoms with van der Waals surface area (Å²) in [5, 5.41) is 0. The van der Waals surface area contributed by atoms with Gasteiger partial charge in [-0.05, 0) is 34.5 Å². The van der Waals surface area contributed by atoms with Gasteiger partial charge in [0.1, 0.15) is 0 Å². The second-order valence-corrected chi connectivity index (χ2v) is 12.4. The zero-order chi connectivity index (χ0) is 18.8. The minimum absolute atomic E-state index is 0.409. The van der Waals surface area contributed by atoms with Crippen LogP contribution in [-0.4, -0.2) is 49.1 Å². The Morgan fingerprint density at radius 2 is 0.750 bits per heavy atom. The molecule has 0 amide bonds. The van der Waals surface area contributed by atoms with Gasteiger partial charge in [0.05, 0.1) is 0 Å². The van der Waals surface area contributed by atoms with Crippen LogP contribution < -0.4 is 0 Å². The Bertz CT molecular complexity index is 336. The first-order valence-electron chi connectivity index (χ1n) is 10.0. The van der Waals surface area contributed by atoms with Crippen LogP contribution >= 0.6 is 0 Å². The maximum absolute atomic E-state index is 2.69. The number of piperazine rings is 1. The Balaban J connectivity index is 2.44. The van der Waals surface area contributed by atoms with Crippen LogP contribution in [0.4, 0.5) is 0 Å². The molecule has 2 heteroatoms. The summed E-state index contributed by atoms with van der Waals surface area (Å²) < 4.78 is 0. The molecule has 0 N–H and O–H groups in total. The standard InChI is InChI=1S/C22H46N2/c1-19(2,3)15-21(7,8)17-23-11-13-24(14-12-23)18-22(9,10)16-20(4,5)6/h11-18H2,1-10H3. The molecule has 0 aromatic rings. The normalized spacial score (nSPS) is 19.8. The van der Waals surface area contributed by atoms with Crippen molar-refractivity contribution in [2.24, 2.45) is 21.7 Å². The SMILES string of the molecule is CC(C)(C)CC(C)(C)CN1CCN(CC(C)(C)CC(C)(C)C)CC1. The van der Waals surface area contributed by atoms with E-state index in [1.165, 1.54) is 52.1 Å². The predicted octanol–water partition coefficient (Wildman–Crippen LogP) is 5.53. The van der Waals surface area contributed by atoms with Crippen LogP contribution in [0.5, 0.6) is 0 Å². The third-order valence-corrected chi connectivity index (χ3v) is 4.79. The van der Waals surface area contributed by atoms with Crippen molar-refractivity contribution < 1.29 is 0 Å². The van der Waals surface area contributed by atoms with Crippen molar-refractivity contribution in [2.75, 3.05) is 39.3 Å². The molecule has 0 aromatic heterocycles. The Kier molecular flexibility index (Phi) is 7.01. The van der Waals surface area contributed by atoms with E-state index >= 15 is 0 Å². The van der Waals surface area contributed by atoms with Gasteiger partial charge in [-0.1, -0.05) is 69.2 Å². The predicted molar refractivity (Wildman–Crippen MR) is 109 cm³/mol. The van der Waals surface area contributed by atoms with Gasteiger partial charge in [0.25, 0.3) is 0 Å². The minimum Gasteiger partial charge on any atom is -0.300 e. The maximum atomic E-state index is 2.69. The minimum atomic E-state index is 0.409.